The van der Waals surface area contributed by atoms with Crippen LogP contribution >= 0.6 is 0 Å². The van der Waals surface area contributed by atoms with Gasteiger partial charge in [-0.3, -0.25) is 0 Å². The number of aromatic hydroxyl groups is 1. The fraction of sp³-hybridized carbons (Fsp3) is 0.250. The van der Waals surface area contributed by atoms with Gasteiger partial charge in [0.1, 0.15) is 11.6 Å². The van der Waals surface area contributed by atoms with Crippen LogP contribution in [0.2, 0.25) is 0 Å². The maximum absolute atomic E-state index is 13.7. The van der Waals surface area contributed by atoms with E-state index in [9.17, 15) is 9.50 Å². The molecule has 0 aliphatic carbocycles. The lowest BCUT2D eigenvalue weighted by molar-refractivity contribution is 0.463. The Hall–Kier alpha value is -4.00. The molecule has 1 aliphatic heterocycles. The summed E-state index contributed by atoms with van der Waals surface area (Å²) in [5, 5.41) is 22.6. The minimum atomic E-state index is -0.494. The van der Waals surface area contributed by atoms with Crippen molar-refractivity contribution < 1.29 is 9.50 Å². The normalized spacial score (nSPS) is 17.6. The van der Waals surface area contributed by atoms with Crippen LogP contribution in [-0.2, 0) is 18.5 Å². The molecule has 4 aromatic rings. The number of hydrogen-bond donors (Lipinski definition) is 1. The van der Waals surface area contributed by atoms with Crippen LogP contribution < -0.4 is 4.90 Å². The summed E-state index contributed by atoms with van der Waals surface area (Å²) in [5.41, 5.74) is 4.85. The SMILES string of the molecule is CCCn1nnc(C=Cc2ccc(C3(C)c4ccc(O)cc4CCN3c3ccc(F)cc3)cc2)n1. The molecule has 0 saturated heterocycles. The Morgan fingerprint density at radius 2 is 1.80 bits per heavy atom. The molecule has 178 valence electrons. The number of benzene rings is 3. The molecule has 1 unspecified atom stereocenters. The van der Waals surface area contributed by atoms with Crippen molar-refractivity contribution >= 4 is 17.8 Å². The molecule has 5 rings (SSSR count). The van der Waals surface area contributed by atoms with E-state index in [4.69, 9.17) is 0 Å². The maximum Gasteiger partial charge on any atom is 0.197 e. The first-order valence-electron chi connectivity index (χ1n) is 11.9. The van der Waals surface area contributed by atoms with E-state index < -0.39 is 5.54 Å². The van der Waals surface area contributed by atoms with Crippen molar-refractivity contribution in [2.24, 2.45) is 0 Å². The maximum atomic E-state index is 13.7. The molecule has 1 N–H and O–H groups in total. The highest BCUT2D eigenvalue weighted by Gasteiger charge is 2.40. The summed E-state index contributed by atoms with van der Waals surface area (Å²) in [6, 6.07) is 20.6. The van der Waals surface area contributed by atoms with Gasteiger partial charge in [-0.2, -0.15) is 4.80 Å². The third-order valence-corrected chi connectivity index (χ3v) is 6.69. The van der Waals surface area contributed by atoms with Crippen LogP contribution in [0.5, 0.6) is 5.75 Å². The number of hydrogen-bond acceptors (Lipinski definition) is 5. The lowest BCUT2D eigenvalue weighted by Crippen LogP contribution is -2.49. The van der Waals surface area contributed by atoms with Gasteiger partial charge in [0.2, 0.25) is 0 Å². The van der Waals surface area contributed by atoms with Crippen LogP contribution in [0, 0.1) is 5.82 Å². The molecule has 0 saturated carbocycles. The van der Waals surface area contributed by atoms with E-state index in [0.29, 0.717) is 5.82 Å². The number of halogens is 1. The molecule has 2 heterocycles. The van der Waals surface area contributed by atoms with Crippen molar-refractivity contribution in [3.8, 4) is 5.75 Å². The highest BCUT2D eigenvalue weighted by molar-refractivity contribution is 5.67. The third-order valence-electron chi connectivity index (χ3n) is 6.69. The Kier molecular flexibility index (Phi) is 6.07. The molecular weight excluding hydrogens is 441 g/mol. The van der Waals surface area contributed by atoms with Gasteiger partial charge < -0.3 is 10.0 Å². The first-order chi connectivity index (χ1) is 17.0. The standard InChI is InChI=1S/C28H28FN5O/c1-3-17-34-31-27(30-32-34)15-6-20-4-7-22(8-5-20)28(2)26-14-13-25(35)19-21(26)16-18-33(28)24-11-9-23(29)10-12-24/h4-15,19,35H,3,16-18H2,1-2H3. The Morgan fingerprint density at radius 3 is 2.54 bits per heavy atom. The van der Waals surface area contributed by atoms with Gasteiger partial charge in [0.15, 0.2) is 5.82 Å². The molecule has 35 heavy (non-hydrogen) atoms. The molecule has 0 fully saturated rings. The van der Waals surface area contributed by atoms with E-state index in [1.807, 2.05) is 36.4 Å². The molecule has 1 aliphatic rings. The van der Waals surface area contributed by atoms with Gasteiger partial charge in [-0.25, -0.2) is 4.39 Å². The van der Waals surface area contributed by atoms with Crippen LogP contribution in [0.3, 0.4) is 0 Å². The van der Waals surface area contributed by atoms with Crippen LogP contribution in [0.25, 0.3) is 12.2 Å². The zero-order chi connectivity index (χ0) is 24.4. The Labute approximate surface area is 204 Å². The van der Waals surface area contributed by atoms with Crippen LogP contribution in [-0.4, -0.2) is 31.9 Å². The summed E-state index contributed by atoms with van der Waals surface area (Å²) in [7, 11) is 0. The van der Waals surface area contributed by atoms with Gasteiger partial charge in [0.25, 0.3) is 0 Å². The van der Waals surface area contributed by atoms with E-state index >= 15 is 0 Å². The average molecular weight is 470 g/mol. The Morgan fingerprint density at radius 1 is 1.03 bits per heavy atom. The number of aromatic nitrogens is 4. The Bertz CT molecular complexity index is 1350. The highest BCUT2D eigenvalue weighted by Crippen LogP contribution is 2.44. The average Bonchev–Trinajstić information content (AvgIpc) is 3.31. The summed E-state index contributed by atoms with van der Waals surface area (Å²) in [5.74, 6) is 0.599. The second kappa shape index (κ2) is 9.33. The number of anilines is 1. The minimum Gasteiger partial charge on any atom is -0.508 e. The molecule has 1 atom stereocenters. The second-order valence-corrected chi connectivity index (χ2v) is 8.99. The smallest absolute Gasteiger partial charge is 0.197 e. The largest absolute Gasteiger partial charge is 0.508 e. The number of fused-ring (bicyclic) bond motifs is 1. The summed E-state index contributed by atoms with van der Waals surface area (Å²) >= 11 is 0. The molecule has 0 bridgehead atoms. The highest BCUT2D eigenvalue weighted by atomic mass is 19.1. The molecule has 0 radical (unpaired) electrons. The monoisotopic (exact) mass is 469 g/mol. The quantitative estimate of drug-likeness (QED) is 0.408. The lowest BCUT2D eigenvalue weighted by Gasteiger charge is -2.48. The third kappa shape index (κ3) is 4.41. The number of aryl methyl sites for hydroxylation is 1. The topological polar surface area (TPSA) is 67.1 Å². The van der Waals surface area contributed by atoms with Crippen LogP contribution in [0.15, 0.2) is 66.7 Å². The van der Waals surface area contributed by atoms with E-state index in [2.05, 4.69) is 58.4 Å². The van der Waals surface area contributed by atoms with E-state index in [1.165, 1.54) is 12.1 Å². The van der Waals surface area contributed by atoms with Crippen molar-refractivity contribution in [3.05, 3.63) is 101 Å². The van der Waals surface area contributed by atoms with E-state index in [1.54, 1.807) is 10.9 Å². The molecule has 3 aromatic carbocycles. The van der Waals surface area contributed by atoms with E-state index in [0.717, 1.165) is 53.9 Å². The molecule has 1 aromatic heterocycles. The lowest BCUT2D eigenvalue weighted by atomic mass is 9.76. The van der Waals surface area contributed by atoms with Gasteiger partial charge in [0.05, 0.1) is 12.1 Å². The van der Waals surface area contributed by atoms with Crippen LogP contribution in [0.4, 0.5) is 10.1 Å². The van der Waals surface area contributed by atoms with Crippen LogP contribution in [0.1, 0.15) is 48.3 Å². The molecular formula is C28H28FN5O. The first-order valence-corrected chi connectivity index (χ1v) is 11.9. The van der Waals surface area contributed by atoms with Gasteiger partial charge in [-0.15, -0.1) is 10.2 Å². The molecule has 6 nitrogen and oxygen atoms in total. The molecule has 0 amide bonds. The minimum absolute atomic E-state index is 0.252. The summed E-state index contributed by atoms with van der Waals surface area (Å²) in [6.07, 6.45) is 5.59. The summed E-state index contributed by atoms with van der Waals surface area (Å²) in [6.45, 7) is 5.76. The van der Waals surface area contributed by atoms with Gasteiger partial charge >= 0.3 is 0 Å². The zero-order valence-electron chi connectivity index (χ0n) is 19.9. The summed E-state index contributed by atoms with van der Waals surface area (Å²) in [4.78, 5) is 3.92. The van der Waals surface area contributed by atoms with Gasteiger partial charge in [-0.05, 0) is 89.7 Å². The fourth-order valence-corrected chi connectivity index (χ4v) is 4.89. The number of tetrazole rings is 1. The van der Waals surface area contributed by atoms with Crippen molar-refractivity contribution in [3.63, 3.8) is 0 Å². The first kappa shape index (κ1) is 22.8. The Balaban J connectivity index is 1.50. The van der Waals surface area contributed by atoms with E-state index in [-0.39, 0.29) is 11.6 Å². The number of phenols is 1. The zero-order valence-corrected chi connectivity index (χ0v) is 19.9. The van der Waals surface area contributed by atoms with Gasteiger partial charge in [-0.1, -0.05) is 43.3 Å². The number of rotatable bonds is 6. The second-order valence-electron chi connectivity index (χ2n) is 8.99. The van der Waals surface area contributed by atoms with Crippen molar-refractivity contribution in [2.45, 2.75) is 38.8 Å². The fourth-order valence-electron chi connectivity index (χ4n) is 4.89. The molecule has 0 spiro atoms. The number of nitrogens with zero attached hydrogens (tertiary/aromatic N) is 5. The van der Waals surface area contributed by atoms with Crippen molar-refractivity contribution in [1.29, 1.82) is 0 Å². The predicted molar refractivity (Wildman–Crippen MR) is 135 cm³/mol. The van der Waals surface area contributed by atoms with Crippen molar-refractivity contribution in [1.82, 2.24) is 20.2 Å². The predicted octanol–water partition coefficient (Wildman–Crippen LogP) is 5.42. The molecule has 7 heteroatoms. The van der Waals surface area contributed by atoms with Crippen molar-refractivity contribution in [2.75, 3.05) is 11.4 Å². The van der Waals surface area contributed by atoms with Gasteiger partial charge in [0, 0.05) is 12.2 Å². The summed E-state index contributed by atoms with van der Waals surface area (Å²) < 4.78 is 13.7. The number of phenolic OH excluding ortho intramolecular Hbond substituents is 1.